The summed E-state index contributed by atoms with van der Waals surface area (Å²) in [5.74, 6) is -0.0940. The third kappa shape index (κ3) is 3.88. The molecule has 0 saturated carbocycles. The van der Waals surface area contributed by atoms with Gasteiger partial charge in [-0.3, -0.25) is 4.79 Å². The molecule has 21 heavy (non-hydrogen) atoms. The average molecular weight is 310 g/mol. The third-order valence-corrected chi connectivity index (χ3v) is 4.03. The van der Waals surface area contributed by atoms with Crippen molar-refractivity contribution in [3.05, 3.63) is 28.8 Å². The maximum atomic E-state index is 12.2. The largest absolute Gasteiger partial charge is 0.356 e. The first-order valence-electron chi connectivity index (χ1n) is 7.11. The highest BCUT2D eigenvalue weighted by Crippen LogP contribution is 2.22. The average Bonchev–Trinajstić information content (AvgIpc) is 2.93. The van der Waals surface area contributed by atoms with E-state index in [1.165, 1.54) is 0 Å². The number of amides is 3. The third-order valence-electron chi connectivity index (χ3n) is 3.62. The van der Waals surface area contributed by atoms with E-state index >= 15 is 0 Å². The number of aryl methyl sites for hydroxylation is 1. The van der Waals surface area contributed by atoms with Crippen LogP contribution in [0.2, 0.25) is 5.02 Å². The normalized spacial score (nSPS) is 17.7. The SMILES string of the molecule is CCNC(=O)C1CCN(C(=O)Nc2ccc(C)c(Cl)c2)C1. The van der Waals surface area contributed by atoms with Crippen molar-refractivity contribution in [2.45, 2.75) is 20.3 Å². The zero-order valence-electron chi connectivity index (χ0n) is 12.3. The monoisotopic (exact) mass is 309 g/mol. The van der Waals surface area contributed by atoms with Gasteiger partial charge in [0.15, 0.2) is 0 Å². The number of nitrogens with zero attached hydrogens (tertiary/aromatic N) is 1. The van der Waals surface area contributed by atoms with E-state index in [-0.39, 0.29) is 17.9 Å². The van der Waals surface area contributed by atoms with E-state index in [2.05, 4.69) is 10.6 Å². The second kappa shape index (κ2) is 6.80. The van der Waals surface area contributed by atoms with Gasteiger partial charge in [-0.15, -0.1) is 0 Å². The van der Waals surface area contributed by atoms with Crippen LogP contribution in [-0.4, -0.2) is 36.5 Å². The summed E-state index contributed by atoms with van der Waals surface area (Å²) in [5.41, 5.74) is 1.63. The number of hydrogen-bond acceptors (Lipinski definition) is 2. The Morgan fingerprint density at radius 2 is 2.19 bits per heavy atom. The molecule has 1 aromatic rings. The quantitative estimate of drug-likeness (QED) is 0.901. The molecule has 1 fully saturated rings. The predicted molar refractivity (Wildman–Crippen MR) is 83.6 cm³/mol. The predicted octanol–water partition coefficient (Wildman–Crippen LogP) is 2.64. The summed E-state index contributed by atoms with van der Waals surface area (Å²) < 4.78 is 0. The number of hydrogen-bond donors (Lipinski definition) is 2. The Morgan fingerprint density at radius 3 is 2.86 bits per heavy atom. The van der Waals surface area contributed by atoms with Crippen molar-refractivity contribution in [3.8, 4) is 0 Å². The summed E-state index contributed by atoms with van der Waals surface area (Å²) in [6, 6.07) is 5.21. The second-order valence-corrected chi connectivity index (χ2v) is 5.63. The number of halogens is 1. The number of likely N-dealkylation sites (tertiary alicyclic amines) is 1. The van der Waals surface area contributed by atoms with Gasteiger partial charge in [0.25, 0.3) is 0 Å². The molecule has 0 radical (unpaired) electrons. The smallest absolute Gasteiger partial charge is 0.321 e. The summed E-state index contributed by atoms with van der Waals surface area (Å²) in [7, 11) is 0. The molecule has 2 N–H and O–H groups in total. The van der Waals surface area contributed by atoms with Crippen LogP contribution >= 0.6 is 11.6 Å². The van der Waals surface area contributed by atoms with Gasteiger partial charge in [-0.05, 0) is 38.0 Å². The summed E-state index contributed by atoms with van der Waals surface area (Å²) >= 11 is 6.04. The lowest BCUT2D eigenvalue weighted by molar-refractivity contribution is -0.124. The van der Waals surface area contributed by atoms with Gasteiger partial charge in [-0.1, -0.05) is 17.7 Å². The van der Waals surface area contributed by atoms with Crippen LogP contribution in [0.3, 0.4) is 0 Å². The molecule has 1 heterocycles. The lowest BCUT2D eigenvalue weighted by Gasteiger charge is -2.17. The lowest BCUT2D eigenvalue weighted by Crippen LogP contribution is -2.36. The molecular weight excluding hydrogens is 290 g/mol. The van der Waals surface area contributed by atoms with Gasteiger partial charge in [-0.2, -0.15) is 0 Å². The molecule has 5 nitrogen and oxygen atoms in total. The van der Waals surface area contributed by atoms with Gasteiger partial charge in [0.2, 0.25) is 5.91 Å². The fourth-order valence-corrected chi connectivity index (χ4v) is 2.53. The molecule has 1 aliphatic heterocycles. The molecule has 1 unspecified atom stereocenters. The molecule has 0 bridgehead atoms. The summed E-state index contributed by atoms with van der Waals surface area (Å²) in [6.07, 6.45) is 0.702. The second-order valence-electron chi connectivity index (χ2n) is 5.22. The molecule has 1 aromatic carbocycles. The van der Waals surface area contributed by atoms with Crippen LogP contribution in [0.15, 0.2) is 18.2 Å². The number of nitrogens with one attached hydrogen (secondary N) is 2. The Morgan fingerprint density at radius 1 is 1.43 bits per heavy atom. The number of urea groups is 1. The van der Waals surface area contributed by atoms with Crippen LogP contribution in [0, 0.1) is 12.8 Å². The topological polar surface area (TPSA) is 61.4 Å². The molecule has 0 aliphatic carbocycles. The van der Waals surface area contributed by atoms with Crippen LogP contribution in [0.4, 0.5) is 10.5 Å². The number of anilines is 1. The Balaban J connectivity index is 1.92. The first-order valence-corrected chi connectivity index (χ1v) is 7.49. The van der Waals surface area contributed by atoms with E-state index < -0.39 is 0 Å². The molecule has 0 spiro atoms. The van der Waals surface area contributed by atoms with E-state index in [1.807, 2.05) is 26.0 Å². The van der Waals surface area contributed by atoms with E-state index in [4.69, 9.17) is 11.6 Å². The van der Waals surface area contributed by atoms with Crippen molar-refractivity contribution >= 4 is 29.2 Å². The molecular formula is C15H20ClN3O2. The molecule has 2 rings (SSSR count). The van der Waals surface area contributed by atoms with Crippen LogP contribution in [0.25, 0.3) is 0 Å². The van der Waals surface area contributed by atoms with Gasteiger partial charge in [0.05, 0.1) is 5.92 Å². The van der Waals surface area contributed by atoms with Crippen LogP contribution in [-0.2, 0) is 4.79 Å². The number of rotatable bonds is 3. The zero-order chi connectivity index (χ0) is 15.4. The number of carbonyl (C=O) groups excluding carboxylic acids is 2. The lowest BCUT2D eigenvalue weighted by atomic mass is 10.1. The first kappa shape index (κ1) is 15.6. The van der Waals surface area contributed by atoms with Crippen molar-refractivity contribution in [2.24, 2.45) is 5.92 Å². The fraction of sp³-hybridized carbons (Fsp3) is 0.467. The fourth-order valence-electron chi connectivity index (χ4n) is 2.35. The highest BCUT2D eigenvalue weighted by molar-refractivity contribution is 6.31. The van der Waals surface area contributed by atoms with Gasteiger partial charge in [0, 0.05) is 30.3 Å². The number of benzene rings is 1. The Labute approximate surface area is 129 Å². The zero-order valence-corrected chi connectivity index (χ0v) is 13.0. The van der Waals surface area contributed by atoms with E-state index in [1.54, 1.807) is 11.0 Å². The molecule has 1 aliphatic rings. The Bertz CT molecular complexity index is 548. The van der Waals surface area contributed by atoms with Crippen molar-refractivity contribution in [1.29, 1.82) is 0 Å². The Kier molecular flexibility index (Phi) is 5.07. The molecule has 6 heteroatoms. The minimum absolute atomic E-state index is 0.0196. The van der Waals surface area contributed by atoms with Crippen molar-refractivity contribution in [1.82, 2.24) is 10.2 Å². The molecule has 3 amide bonds. The molecule has 1 saturated heterocycles. The summed E-state index contributed by atoms with van der Waals surface area (Å²) in [5, 5.41) is 6.23. The first-order chi connectivity index (χ1) is 10.0. The summed E-state index contributed by atoms with van der Waals surface area (Å²) in [6.45, 7) is 5.46. The van der Waals surface area contributed by atoms with Crippen molar-refractivity contribution in [2.75, 3.05) is 25.0 Å². The van der Waals surface area contributed by atoms with Gasteiger partial charge in [-0.25, -0.2) is 4.79 Å². The van der Waals surface area contributed by atoms with Crippen molar-refractivity contribution in [3.63, 3.8) is 0 Å². The maximum absolute atomic E-state index is 12.2. The minimum Gasteiger partial charge on any atom is -0.356 e. The highest BCUT2D eigenvalue weighted by atomic mass is 35.5. The van der Waals surface area contributed by atoms with Crippen molar-refractivity contribution < 1.29 is 9.59 Å². The summed E-state index contributed by atoms with van der Waals surface area (Å²) in [4.78, 5) is 25.6. The van der Waals surface area contributed by atoms with Crippen LogP contribution in [0.5, 0.6) is 0 Å². The van der Waals surface area contributed by atoms with Crippen LogP contribution < -0.4 is 10.6 Å². The van der Waals surface area contributed by atoms with Gasteiger partial charge in [0.1, 0.15) is 0 Å². The molecule has 0 aromatic heterocycles. The van der Waals surface area contributed by atoms with Gasteiger partial charge >= 0.3 is 6.03 Å². The highest BCUT2D eigenvalue weighted by Gasteiger charge is 2.30. The van der Waals surface area contributed by atoms with Gasteiger partial charge < -0.3 is 15.5 Å². The standard InChI is InChI=1S/C15H20ClN3O2/c1-3-17-14(20)11-6-7-19(9-11)15(21)18-12-5-4-10(2)13(16)8-12/h4-5,8,11H,3,6-7,9H2,1-2H3,(H,17,20)(H,18,21). The molecule has 1 atom stereocenters. The number of carbonyl (C=O) groups is 2. The van der Waals surface area contributed by atoms with E-state index in [0.29, 0.717) is 36.8 Å². The Hall–Kier alpha value is -1.75. The van der Waals surface area contributed by atoms with E-state index in [0.717, 1.165) is 5.56 Å². The minimum atomic E-state index is -0.193. The van der Waals surface area contributed by atoms with E-state index in [9.17, 15) is 9.59 Å². The van der Waals surface area contributed by atoms with Crippen LogP contribution in [0.1, 0.15) is 18.9 Å². The maximum Gasteiger partial charge on any atom is 0.321 e. The molecule has 114 valence electrons.